The Kier molecular flexibility index (Phi) is 3.29. The second-order valence-electron chi connectivity index (χ2n) is 4.75. The Morgan fingerprint density at radius 1 is 1.10 bits per heavy atom. The Morgan fingerprint density at radius 3 is 2.70 bits per heavy atom. The summed E-state index contributed by atoms with van der Waals surface area (Å²) in [6, 6.07) is 15.1. The fraction of sp³-hybridized carbons (Fsp3) is 0.188. The van der Waals surface area contributed by atoms with Crippen LogP contribution in [0.2, 0.25) is 0 Å². The SMILES string of the molecule is O=C1c2ccc(OCc3ccccc3)cc2CC[N+]1=O. The van der Waals surface area contributed by atoms with Crippen LogP contribution in [0.1, 0.15) is 21.5 Å². The van der Waals surface area contributed by atoms with E-state index in [1.54, 1.807) is 12.1 Å². The Bertz CT molecular complexity index is 665. The molecule has 100 valence electrons. The molecular formula is C16H14NO3+. The molecule has 0 saturated heterocycles. The van der Waals surface area contributed by atoms with E-state index < -0.39 is 5.91 Å². The van der Waals surface area contributed by atoms with Crippen LogP contribution in [0.25, 0.3) is 0 Å². The predicted molar refractivity (Wildman–Crippen MR) is 73.7 cm³/mol. The maximum atomic E-state index is 11.7. The van der Waals surface area contributed by atoms with Gasteiger partial charge in [0, 0.05) is 11.3 Å². The first-order chi connectivity index (χ1) is 9.74. The van der Waals surface area contributed by atoms with Gasteiger partial charge in [0.1, 0.15) is 12.4 Å². The number of benzene rings is 2. The molecule has 0 radical (unpaired) electrons. The number of nitrogens with zero attached hydrogens (tertiary/aromatic N) is 1. The molecule has 0 saturated carbocycles. The van der Waals surface area contributed by atoms with E-state index >= 15 is 0 Å². The number of hydrogen-bond acceptors (Lipinski definition) is 3. The van der Waals surface area contributed by atoms with Crippen molar-refractivity contribution in [2.24, 2.45) is 0 Å². The number of ether oxygens (including phenoxy) is 1. The second kappa shape index (κ2) is 5.25. The van der Waals surface area contributed by atoms with Crippen LogP contribution >= 0.6 is 0 Å². The Balaban J connectivity index is 1.76. The zero-order chi connectivity index (χ0) is 13.9. The molecule has 2 aromatic carbocycles. The number of hydrogen-bond donors (Lipinski definition) is 0. The van der Waals surface area contributed by atoms with Gasteiger partial charge in [0.2, 0.25) is 6.54 Å². The summed E-state index contributed by atoms with van der Waals surface area (Å²) in [4.78, 5) is 23.0. The summed E-state index contributed by atoms with van der Waals surface area (Å²) in [6.45, 7) is 0.704. The van der Waals surface area contributed by atoms with Crippen molar-refractivity contribution in [2.75, 3.05) is 6.54 Å². The van der Waals surface area contributed by atoms with E-state index in [1.165, 1.54) is 0 Å². The lowest BCUT2D eigenvalue weighted by Gasteiger charge is -2.11. The topological polar surface area (TPSA) is 46.4 Å². The Hall–Kier alpha value is -2.49. The van der Waals surface area contributed by atoms with Crippen molar-refractivity contribution in [1.82, 2.24) is 0 Å². The zero-order valence-electron chi connectivity index (χ0n) is 10.9. The normalized spacial score (nSPS) is 14.0. The van der Waals surface area contributed by atoms with Crippen molar-refractivity contribution < 1.29 is 14.3 Å². The molecule has 3 rings (SSSR count). The molecule has 0 aromatic heterocycles. The molecule has 0 unspecified atom stereocenters. The molecule has 1 heterocycles. The molecule has 1 aliphatic heterocycles. The first-order valence-corrected chi connectivity index (χ1v) is 6.53. The fourth-order valence-corrected chi connectivity index (χ4v) is 2.27. The third-order valence-corrected chi connectivity index (χ3v) is 3.37. The van der Waals surface area contributed by atoms with E-state index in [4.69, 9.17) is 4.74 Å². The van der Waals surface area contributed by atoms with Gasteiger partial charge in [0.05, 0.1) is 10.3 Å². The third kappa shape index (κ3) is 2.45. The van der Waals surface area contributed by atoms with Crippen molar-refractivity contribution in [3.63, 3.8) is 0 Å². The molecule has 0 atom stereocenters. The summed E-state index contributed by atoms with van der Waals surface area (Å²) in [7, 11) is 0. The van der Waals surface area contributed by atoms with Gasteiger partial charge in [0.25, 0.3) is 0 Å². The van der Waals surface area contributed by atoms with Gasteiger partial charge in [-0.2, -0.15) is 0 Å². The average Bonchev–Trinajstić information content (AvgIpc) is 2.50. The standard InChI is InChI=1S/C16H14NO3/c18-16-15-7-6-14(10-13(15)8-9-17(16)19)20-11-12-4-2-1-3-5-12/h1-7,10H,8-9,11H2/q+1. The number of fused-ring (bicyclic) bond motifs is 1. The van der Waals surface area contributed by atoms with Crippen molar-refractivity contribution >= 4 is 5.91 Å². The second-order valence-corrected chi connectivity index (χ2v) is 4.75. The molecule has 4 nitrogen and oxygen atoms in total. The fourth-order valence-electron chi connectivity index (χ4n) is 2.27. The van der Waals surface area contributed by atoms with E-state index in [0.29, 0.717) is 23.4 Å². The van der Waals surface area contributed by atoms with E-state index in [-0.39, 0.29) is 6.54 Å². The zero-order valence-corrected chi connectivity index (χ0v) is 10.9. The molecule has 0 aliphatic carbocycles. The first-order valence-electron chi connectivity index (χ1n) is 6.53. The number of nitroso groups, excluding NO2 is 1. The van der Waals surface area contributed by atoms with Crippen molar-refractivity contribution in [3.05, 3.63) is 70.1 Å². The smallest absolute Gasteiger partial charge is 0.465 e. The highest BCUT2D eigenvalue weighted by atomic mass is 16.5. The van der Waals surface area contributed by atoms with E-state index in [1.807, 2.05) is 36.4 Å². The van der Waals surface area contributed by atoms with Gasteiger partial charge < -0.3 is 4.74 Å². The number of carbonyl (C=O) groups excluding carboxylic acids is 1. The summed E-state index contributed by atoms with van der Waals surface area (Å²) < 4.78 is 6.22. The molecule has 0 bridgehead atoms. The van der Waals surface area contributed by atoms with Crippen molar-refractivity contribution in [2.45, 2.75) is 13.0 Å². The van der Waals surface area contributed by atoms with E-state index in [9.17, 15) is 9.70 Å². The van der Waals surface area contributed by atoms with Crippen LogP contribution in [0.5, 0.6) is 5.75 Å². The first kappa shape index (κ1) is 12.5. The summed E-state index contributed by atoms with van der Waals surface area (Å²) in [5, 5.41) is 0. The quantitative estimate of drug-likeness (QED) is 0.804. The van der Waals surface area contributed by atoms with Gasteiger partial charge in [-0.05, 0) is 29.3 Å². The minimum Gasteiger partial charge on any atom is -0.489 e. The van der Waals surface area contributed by atoms with Crippen LogP contribution in [0, 0.1) is 4.91 Å². The predicted octanol–water partition coefficient (Wildman–Crippen LogP) is 2.74. The van der Waals surface area contributed by atoms with Crippen molar-refractivity contribution in [1.29, 1.82) is 0 Å². The van der Waals surface area contributed by atoms with Crippen LogP contribution < -0.4 is 4.74 Å². The summed E-state index contributed by atoms with van der Waals surface area (Å²) >= 11 is 0. The molecular weight excluding hydrogens is 254 g/mol. The molecule has 2 aromatic rings. The van der Waals surface area contributed by atoms with Crippen molar-refractivity contribution in [3.8, 4) is 5.75 Å². The third-order valence-electron chi connectivity index (χ3n) is 3.37. The minimum atomic E-state index is -0.458. The lowest BCUT2D eigenvalue weighted by Crippen LogP contribution is -2.27. The Labute approximate surface area is 116 Å². The molecule has 0 fully saturated rings. The van der Waals surface area contributed by atoms with E-state index in [0.717, 1.165) is 16.9 Å². The number of carbonyl (C=O) groups is 1. The highest BCUT2D eigenvalue weighted by Gasteiger charge is 2.32. The lowest BCUT2D eigenvalue weighted by molar-refractivity contribution is -0.452. The molecule has 1 amide bonds. The minimum absolute atomic E-state index is 0.216. The monoisotopic (exact) mass is 268 g/mol. The van der Waals surface area contributed by atoms with Gasteiger partial charge in [-0.15, -0.1) is 0 Å². The Morgan fingerprint density at radius 2 is 1.90 bits per heavy atom. The largest absolute Gasteiger partial charge is 0.489 e. The lowest BCUT2D eigenvalue weighted by atomic mass is 10.00. The summed E-state index contributed by atoms with van der Waals surface area (Å²) in [5.41, 5.74) is 2.46. The van der Waals surface area contributed by atoms with Crippen LogP contribution in [-0.4, -0.2) is 17.2 Å². The van der Waals surface area contributed by atoms with Crippen LogP contribution in [0.15, 0.2) is 48.5 Å². The molecule has 0 N–H and O–H groups in total. The van der Waals surface area contributed by atoms with Gasteiger partial charge in [-0.25, -0.2) is 4.79 Å². The number of amides is 1. The van der Waals surface area contributed by atoms with E-state index in [2.05, 4.69) is 0 Å². The molecule has 1 aliphatic rings. The number of rotatable bonds is 3. The summed E-state index contributed by atoms with van der Waals surface area (Å²) in [5.74, 6) is 0.264. The van der Waals surface area contributed by atoms with Gasteiger partial charge in [0.15, 0.2) is 0 Å². The maximum absolute atomic E-state index is 11.7. The van der Waals surface area contributed by atoms with Gasteiger partial charge >= 0.3 is 5.91 Å². The molecule has 0 spiro atoms. The van der Waals surface area contributed by atoms with Gasteiger partial charge in [-0.1, -0.05) is 30.3 Å². The highest BCUT2D eigenvalue weighted by molar-refractivity contribution is 5.90. The maximum Gasteiger partial charge on any atom is 0.465 e. The molecule has 4 heteroatoms. The summed E-state index contributed by atoms with van der Waals surface area (Å²) in [6.07, 6.45) is 0.576. The van der Waals surface area contributed by atoms with Gasteiger partial charge in [-0.3, -0.25) is 0 Å². The van der Waals surface area contributed by atoms with Crippen LogP contribution in [0.3, 0.4) is 0 Å². The van der Waals surface area contributed by atoms with Crippen LogP contribution in [0.4, 0.5) is 0 Å². The average molecular weight is 268 g/mol. The molecule has 20 heavy (non-hydrogen) atoms. The highest BCUT2D eigenvalue weighted by Crippen LogP contribution is 2.23. The van der Waals surface area contributed by atoms with Crippen LogP contribution in [-0.2, 0) is 13.0 Å².